The second kappa shape index (κ2) is 5.54. The molecular formula is C15H10BrFN2OS. The van der Waals surface area contributed by atoms with Gasteiger partial charge in [0.2, 0.25) is 0 Å². The maximum Gasteiger partial charge on any atom is 0.279 e. The average Bonchev–Trinajstić information content (AvgIpc) is 2.77. The van der Waals surface area contributed by atoms with Crippen molar-refractivity contribution in [2.24, 2.45) is 12.0 Å². The predicted octanol–water partition coefficient (Wildman–Crippen LogP) is 3.88. The number of fused-ring (bicyclic) bond motifs is 1. The lowest BCUT2D eigenvalue weighted by Crippen LogP contribution is -2.13. The number of para-hydroxylation sites is 1. The highest BCUT2D eigenvalue weighted by atomic mass is 79.9. The highest BCUT2D eigenvalue weighted by Gasteiger charge is 2.09. The first-order valence-electron chi connectivity index (χ1n) is 6.15. The van der Waals surface area contributed by atoms with Gasteiger partial charge in [-0.15, -0.1) is 0 Å². The molecule has 0 bridgehead atoms. The Morgan fingerprint density at radius 3 is 2.62 bits per heavy atom. The number of carbonyl (C=O) groups is 1. The number of rotatable bonds is 1. The highest BCUT2D eigenvalue weighted by molar-refractivity contribution is 9.10. The topological polar surface area (TPSA) is 34.4 Å². The van der Waals surface area contributed by atoms with Crippen LogP contribution in [0.2, 0.25) is 0 Å². The second-order valence-corrected chi connectivity index (χ2v) is 6.32. The van der Waals surface area contributed by atoms with Crippen molar-refractivity contribution in [3.05, 3.63) is 63.1 Å². The molecule has 0 saturated heterocycles. The summed E-state index contributed by atoms with van der Waals surface area (Å²) in [5, 5.41) is 0. The summed E-state index contributed by atoms with van der Waals surface area (Å²) in [6.45, 7) is 0. The summed E-state index contributed by atoms with van der Waals surface area (Å²) in [7, 11) is 1.86. The van der Waals surface area contributed by atoms with E-state index >= 15 is 0 Å². The number of hydrogen-bond acceptors (Lipinski definition) is 2. The van der Waals surface area contributed by atoms with Gasteiger partial charge in [0.25, 0.3) is 5.91 Å². The molecule has 0 spiro atoms. The fourth-order valence-electron chi connectivity index (χ4n) is 2.01. The van der Waals surface area contributed by atoms with Crippen LogP contribution in [0.1, 0.15) is 10.4 Å². The van der Waals surface area contributed by atoms with Gasteiger partial charge in [-0.05, 0) is 52.3 Å². The number of halogens is 2. The lowest BCUT2D eigenvalue weighted by Gasteiger charge is -1.98. The minimum absolute atomic E-state index is 0.368. The number of aryl methyl sites for hydroxylation is 1. The maximum atomic E-state index is 12.9. The molecule has 1 aromatic heterocycles. The Hall–Kier alpha value is -1.79. The van der Waals surface area contributed by atoms with Gasteiger partial charge in [-0.25, -0.2) is 4.39 Å². The summed E-state index contributed by atoms with van der Waals surface area (Å²) in [4.78, 5) is 16.9. The first kappa shape index (κ1) is 14.2. The molecule has 3 nitrogen and oxygen atoms in total. The third-order valence-electron chi connectivity index (χ3n) is 3.06. The standard InChI is InChI=1S/C15H10BrFN2OS/c1-19-13-11(16)3-2-4-12(13)21-15(19)18-14(20)9-5-7-10(17)8-6-9/h2-8H,1H3. The van der Waals surface area contributed by atoms with Crippen LogP contribution in [-0.4, -0.2) is 10.5 Å². The van der Waals surface area contributed by atoms with E-state index in [-0.39, 0.29) is 11.7 Å². The van der Waals surface area contributed by atoms with Crippen molar-refractivity contribution in [2.45, 2.75) is 0 Å². The lowest BCUT2D eigenvalue weighted by atomic mass is 10.2. The number of amides is 1. The smallest absolute Gasteiger partial charge is 0.279 e. The molecule has 1 heterocycles. The molecule has 0 radical (unpaired) electrons. The van der Waals surface area contributed by atoms with Crippen LogP contribution in [-0.2, 0) is 7.05 Å². The Kier molecular flexibility index (Phi) is 3.73. The van der Waals surface area contributed by atoms with Gasteiger partial charge in [-0.3, -0.25) is 4.79 Å². The van der Waals surface area contributed by atoms with Gasteiger partial charge in [0, 0.05) is 17.1 Å². The Morgan fingerprint density at radius 2 is 1.95 bits per heavy atom. The molecule has 3 aromatic rings. The first-order chi connectivity index (χ1) is 10.1. The van der Waals surface area contributed by atoms with Crippen LogP contribution in [0.15, 0.2) is 51.9 Å². The van der Waals surface area contributed by atoms with Crippen molar-refractivity contribution in [1.82, 2.24) is 4.57 Å². The molecule has 0 fully saturated rings. The number of carbonyl (C=O) groups excluding carboxylic acids is 1. The predicted molar refractivity (Wildman–Crippen MR) is 84.8 cm³/mol. The molecule has 3 rings (SSSR count). The van der Waals surface area contributed by atoms with Gasteiger partial charge in [-0.1, -0.05) is 17.4 Å². The summed E-state index contributed by atoms with van der Waals surface area (Å²) >= 11 is 4.93. The Balaban J connectivity index is 2.11. The van der Waals surface area contributed by atoms with Gasteiger partial charge in [0.15, 0.2) is 4.80 Å². The molecule has 0 aliphatic heterocycles. The molecule has 0 atom stereocenters. The normalized spacial score (nSPS) is 12.0. The van der Waals surface area contributed by atoms with E-state index in [1.165, 1.54) is 35.6 Å². The number of benzene rings is 2. The largest absolute Gasteiger partial charge is 0.318 e. The summed E-state index contributed by atoms with van der Waals surface area (Å²) in [6, 6.07) is 11.2. The van der Waals surface area contributed by atoms with E-state index in [1.54, 1.807) is 0 Å². The van der Waals surface area contributed by atoms with Gasteiger partial charge >= 0.3 is 0 Å². The fraction of sp³-hybridized carbons (Fsp3) is 0.0667. The first-order valence-corrected chi connectivity index (χ1v) is 7.76. The van der Waals surface area contributed by atoms with Crippen molar-refractivity contribution in [1.29, 1.82) is 0 Å². The molecule has 0 saturated carbocycles. The fourth-order valence-corrected chi connectivity index (χ4v) is 3.81. The zero-order chi connectivity index (χ0) is 15.0. The second-order valence-electron chi connectivity index (χ2n) is 4.45. The maximum absolute atomic E-state index is 12.9. The summed E-state index contributed by atoms with van der Waals surface area (Å²) in [5.41, 5.74) is 1.36. The summed E-state index contributed by atoms with van der Waals surface area (Å²) in [6.07, 6.45) is 0. The van der Waals surface area contributed by atoms with Crippen LogP contribution in [0, 0.1) is 5.82 Å². The number of nitrogens with zero attached hydrogens (tertiary/aromatic N) is 2. The molecule has 106 valence electrons. The van der Waals surface area contributed by atoms with Gasteiger partial charge < -0.3 is 4.57 Å². The SMILES string of the molecule is Cn1c(=NC(=O)c2ccc(F)cc2)sc2cccc(Br)c21. The molecule has 0 N–H and O–H groups in total. The van der Waals surface area contributed by atoms with Gasteiger partial charge in [0.1, 0.15) is 5.82 Å². The minimum atomic E-state index is -0.381. The third-order valence-corrected chi connectivity index (χ3v) is 4.80. The molecular weight excluding hydrogens is 355 g/mol. The molecule has 1 amide bonds. The van der Waals surface area contributed by atoms with E-state index in [2.05, 4.69) is 20.9 Å². The monoisotopic (exact) mass is 364 g/mol. The summed E-state index contributed by atoms with van der Waals surface area (Å²) in [5.74, 6) is -0.754. The van der Waals surface area contributed by atoms with Crippen LogP contribution in [0.5, 0.6) is 0 Å². The quantitative estimate of drug-likeness (QED) is 0.645. The molecule has 2 aromatic carbocycles. The van der Waals surface area contributed by atoms with Crippen LogP contribution in [0.4, 0.5) is 4.39 Å². The van der Waals surface area contributed by atoms with Crippen molar-refractivity contribution in [3.8, 4) is 0 Å². The summed E-state index contributed by atoms with van der Waals surface area (Å²) < 4.78 is 16.7. The zero-order valence-corrected chi connectivity index (χ0v) is 13.4. The number of aromatic nitrogens is 1. The van der Waals surface area contributed by atoms with E-state index < -0.39 is 0 Å². The highest BCUT2D eigenvalue weighted by Crippen LogP contribution is 2.24. The average molecular weight is 365 g/mol. The lowest BCUT2D eigenvalue weighted by molar-refractivity contribution is 0.0998. The van der Waals surface area contributed by atoms with E-state index in [9.17, 15) is 9.18 Å². The Morgan fingerprint density at radius 1 is 1.24 bits per heavy atom. The van der Waals surface area contributed by atoms with Crippen LogP contribution in [0.25, 0.3) is 10.2 Å². The minimum Gasteiger partial charge on any atom is -0.318 e. The van der Waals surface area contributed by atoms with Crippen molar-refractivity contribution in [3.63, 3.8) is 0 Å². The van der Waals surface area contributed by atoms with E-state index in [0.717, 1.165) is 14.7 Å². The van der Waals surface area contributed by atoms with Gasteiger partial charge in [-0.2, -0.15) is 4.99 Å². The molecule has 0 aliphatic carbocycles. The van der Waals surface area contributed by atoms with E-state index in [0.29, 0.717) is 10.4 Å². The van der Waals surface area contributed by atoms with E-state index in [1.807, 2.05) is 29.8 Å². The molecule has 21 heavy (non-hydrogen) atoms. The van der Waals surface area contributed by atoms with Crippen molar-refractivity contribution >= 4 is 43.4 Å². The molecule has 6 heteroatoms. The van der Waals surface area contributed by atoms with Crippen LogP contribution < -0.4 is 4.80 Å². The number of hydrogen-bond donors (Lipinski definition) is 0. The van der Waals surface area contributed by atoms with Gasteiger partial charge in [0.05, 0.1) is 10.2 Å². The molecule has 0 unspecified atom stereocenters. The van der Waals surface area contributed by atoms with E-state index in [4.69, 9.17) is 0 Å². The third kappa shape index (κ3) is 2.69. The number of thiazole rings is 1. The van der Waals surface area contributed by atoms with Crippen molar-refractivity contribution < 1.29 is 9.18 Å². The van der Waals surface area contributed by atoms with Crippen molar-refractivity contribution in [2.75, 3.05) is 0 Å². The Labute approximate surface area is 132 Å². The Bertz CT molecular complexity index is 896. The van der Waals surface area contributed by atoms with Crippen LogP contribution >= 0.6 is 27.3 Å². The van der Waals surface area contributed by atoms with Crippen LogP contribution in [0.3, 0.4) is 0 Å². The molecule has 0 aliphatic rings. The zero-order valence-electron chi connectivity index (χ0n) is 11.0.